The molecule has 0 spiro atoms. The molecule has 0 fully saturated rings. The molecule has 0 atom stereocenters. The quantitative estimate of drug-likeness (QED) is 0.762. The fraction of sp³-hybridized carbons (Fsp3) is 0.500. The van der Waals surface area contributed by atoms with Crippen LogP contribution in [0.25, 0.3) is 0 Å². The maximum Gasteiger partial charge on any atom is 0.0682 e. The highest BCUT2D eigenvalue weighted by Gasteiger charge is 1.89. The van der Waals surface area contributed by atoms with Gasteiger partial charge in [0, 0.05) is 12.7 Å². The summed E-state index contributed by atoms with van der Waals surface area (Å²) in [5.74, 6) is 0. The molecule has 2 N–H and O–H groups in total. The van der Waals surface area contributed by atoms with Gasteiger partial charge in [-0.1, -0.05) is 39.8 Å². The number of hydrogen-bond donors (Lipinski definition) is 2. The second-order valence-corrected chi connectivity index (χ2v) is 2.11. The van der Waals surface area contributed by atoms with Crippen LogP contribution in [0, 0.1) is 0 Å². The van der Waals surface area contributed by atoms with Crippen molar-refractivity contribution >= 4 is 5.69 Å². The predicted octanol–water partition coefficient (Wildman–Crippen LogP) is 3.27. The van der Waals surface area contributed by atoms with E-state index < -0.39 is 0 Å². The van der Waals surface area contributed by atoms with Crippen molar-refractivity contribution in [2.75, 3.05) is 12.4 Å². The lowest BCUT2D eigenvalue weighted by Crippen LogP contribution is -1.89. The first-order valence-corrected chi connectivity index (χ1v) is 5.24. The van der Waals surface area contributed by atoms with Crippen LogP contribution in [-0.2, 0) is 6.61 Å². The number of hydrogen-bond acceptors (Lipinski definition) is 2. The molecule has 0 aromatic heterocycles. The first-order valence-electron chi connectivity index (χ1n) is 5.24. The minimum Gasteiger partial charge on any atom is -0.392 e. The van der Waals surface area contributed by atoms with Gasteiger partial charge in [0.05, 0.1) is 6.61 Å². The third kappa shape index (κ3) is 6.49. The SMILES string of the molecule is CC.CC.CNc1cccc(CO)c1. The molecule has 2 heteroatoms. The van der Waals surface area contributed by atoms with Crippen LogP contribution < -0.4 is 5.32 Å². The maximum absolute atomic E-state index is 8.73. The summed E-state index contributed by atoms with van der Waals surface area (Å²) >= 11 is 0. The molecule has 0 radical (unpaired) electrons. The van der Waals surface area contributed by atoms with Crippen molar-refractivity contribution in [2.24, 2.45) is 0 Å². The van der Waals surface area contributed by atoms with Gasteiger partial charge in [0.15, 0.2) is 0 Å². The largest absolute Gasteiger partial charge is 0.392 e. The average Bonchev–Trinajstić information content (AvgIpc) is 2.34. The van der Waals surface area contributed by atoms with Gasteiger partial charge >= 0.3 is 0 Å². The molecule has 0 saturated carbocycles. The Morgan fingerprint density at radius 2 is 1.71 bits per heavy atom. The average molecular weight is 197 g/mol. The Labute approximate surface area is 88.0 Å². The van der Waals surface area contributed by atoms with Crippen molar-refractivity contribution in [1.29, 1.82) is 0 Å². The molecule has 0 saturated heterocycles. The van der Waals surface area contributed by atoms with Crippen LogP contribution >= 0.6 is 0 Å². The van der Waals surface area contributed by atoms with E-state index in [4.69, 9.17) is 5.11 Å². The van der Waals surface area contributed by atoms with Crippen LogP contribution in [0.4, 0.5) is 5.69 Å². The molecular formula is C12H23NO. The summed E-state index contributed by atoms with van der Waals surface area (Å²) in [6.07, 6.45) is 0. The van der Waals surface area contributed by atoms with Crippen LogP contribution in [0.1, 0.15) is 33.3 Å². The van der Waals surface area contributed by atoms with Crippen LogP contribution in [0.2, 0.25) is 0 Å². The molecule has 0 aliphatic carbocycles. The van der Waals surface area contributed by atoms with E-state index in [1.165, 1.54) is 0 Å². The van der Waals surface area contributed by atoms with Gasteiger partial charge in [-0.15, -0.1) is 0 Å². The molecule has 1 rings (SSSR count). The van der Waals surface area contributed by atoms with Gasteiger partial charge in [-0.2, -0.15) is 0 Å². The molecule has 0 bridgehead atoms. The molecule has 82 valence electrons. The molecule has 1 aromatic carbocycles. The van der Waals surface area contributed by atoms with E-state index in [-0.39, 0.29) is 6.61 Å². The van der Waals surface area contributed by atoms with E-state index in [0.29, 0.717) is 0 Å². The lowest BCUT2D eigenvalue weighted by Gasteiger charge is -2.00. The van der Waals surface area contributed by atoms with Gasteiger partial charge in [0.25, 0.3) is 0 Å². The summed E-state index contributed by atoms with van der Waals surface area (Å²) < 4.78 is 0. The highest BCUT2D eigenvalue weighted by molar-refractivity contribution is 5.44. The van der Waals surface area contributed by atoms with Crippen molar-refractivity contribution < 1.29 is 5.11 Å². The predicted molar refractivity (Wildman–Crippen MR) is 64.6 cm³/mol. The number of nitrogens with one attached hydrogen (secondary N) is 1. The van der Waals surface area contributed by atoms with Gasteiger partial charge in [0.1, 0.15) is 0 Å². The number of aliphatic hydroxyl groups is 1. The summed E-state index contributed by atoms with van der Waals surface area (Å²) in [4.78, 5) is 0. The lowest BCUT2D eigenvalue weighted by molar-refractivity contribution is 0.282. The zero-order valence-corrected chi connectivity index (χ0v) is 9.96. The van der Waals surface area contributed by atoms with Crippen molar-refractivity contribution in [2.45, 2.75) is 34.3 Å². The molecule has 0 unspecified atom stereocenters. The molecule has 0 aliphatic rings. The van der Waals surface area contributed by atoms with Gasteiger partial charge < -0.3 is 10.4 Å². The number of rotatable bonds is 2. The summed E-state index contributed by atoms with van der Waals surface area (Å²) in [7, 11) is 1.86. The van der Waals surface area contributed by atoms with E-state index in [2.05, 4.69) is 5.32 Å². The highest BCUT2D eigenvalue weighted by atomic mass is 16.3. The summed E-state index contributed by atoms with van der Waals surface area (Å²) in [6.45, 7) is 8.11. The van der Waals surface area contributed by atoms with Crippen molar-refractivity contribution in [1.82, 2.24) is 0 Å². The molecule has 0 amide bonds. The van der Waals surface area contributed by atoms with Gasteiger partial charge in [0.2, 0.25) is 0 Å². The van der Waals surface area contributed by atoms with E-state index in [1.807, 2.05) is 59.0 Å². The van der Waals surface area contributed by atoms with Crippen LogP contribution in [0.15, 0.2) is 24.3 Å². The van der Waals surface area contributed by atoms with Crippen molar-refractivity contribution in [3.8, 4) is 0 Å². The van der Waals surface area contributed by atoms with E-state index >= 15 is 0 Å². The highest BCUT2D eigenvalue weighted by Crippen LogP contribution is 2.08. The molecule has 0 aliphatic heterocycles. The third-order valence-electron chi connectivity index (χ3n) is 1.40. The molecule has 2 nitrogen and oxygen atoms in total. The Morgan fingerprint density at radius 3 is 2.14 bits per heavy atom. The smallest absolute Gasteiger partial charge is 0.0682 e. The standard InChI is InChI=1S/C8H11NO.2C2H6/c1-9-8-4-2-3-7(5-8)6-10;2*1-2/h2-5,9-10H,6H2,1H3;2*1-2H3. The van der Waals surface area contributed by atoms with E-state index in [9.17, 15) is 0 Å². The monoisotopic (exact) mass is 197 g/mol. The lowest BCUT2D eigenvalue weighted by atomic mass is 10.2. The molecule has 0 heterocycles. The number of benzene rings is 1. The fourth-order valence-corrected chi connectivity index (χ4v) is 0.825. The van der Waals surface area contributed by atoms with Crippen LogP contribution in [0.3, 0.4) is 0 Å². The summed E-state index contributed by atoms with van der Waals surface area (Å²) in [6, 6.07) is 7.68. The van der Waals surface area contributed by atoms with Gasteiger partial charge in [-0.3, -0.25) is 0 Å². The molecule has 14 heavy (non-hydrogen) atoms. The normalized spacial score (nSPS) is 7.57. The Morgan fingerprint density at radius 1 is 1.14 bits per heavy atom. The summed E-state index contributed by atoms with van der Waals surface area (Å²) in [5, 5.41) is 11.7. The second kappa shape index (κ2) is 12.0. The van der Waals surface area contributed by atoms with Crippen molar-refractivity contribution in [3.05, 3.63) is 29.8 Å². The van der Waals surface area contributed by atoms with Gasteiger partial charge in [-0.05, 0) is 17.7 Å². The Balaban J connectivity index is 0. The third-order valence-corrected chi connectivity index (χ3v) is 1.40. The Bertz CT molecular complexity index is 192. The first-order chi connectivity index (χ1) is 6.86. The second-order valence-electron chi connectivity index (χ2n) is 2.11. The molecular weight excluding hydrogens is 174 g/mol. The van der Waals surface area contributed by atoms with Gasteiger partial charge in [-0.25, -0.2) is 0 Å². The maximum atomic E-state index is 8.73. The Kier molecular flexibility index (Phi) is 13.2. The van der Waals surface area contributed by atoms with Crippen LogP contribution in [-0.4, -0.2) is 12.2 Å². The Hall–Kier alpha value is -1.02. The minimum atomic E-state index is 0.107. The zero-order valence-electron chi connectivity index (χ0n) is 9.96. The first kappa shape index (κ1) is 15.5. The van der Waals surface area contributed by atoms with E-state index in [1.54, 1.807) is 0 Å². The fourth-order valence-electron chi connectivity index (χ4n) is 0.825. The van der Waals surface area contributed by atoms with Crippen molar-refractivity contribution in [3.63, 3.8) is 0 Å². The van der Waals surface area contributed by atoms with E-state index in [0.717, 1.165) is 11.3 Å². The van der Waals surface area contributed by atoms with Crippen LogP contribution in [0.5, 0.6) is 0 Å². The topological polar surface area (TPSA) is 32.3 Å². The zero-order chi connectivity index (χ0) is 11.4. The minimum absolute atomic E-state index is 0.107. The molecule has 1 aromatic rings. The number of anilines is 1. The summed E-state index contributed by atoms with van der Waals surface area (Å²) in [5.41, 5.74) is 1.97. The number of aliphatic hydroxyl groups excluding tert-OH is 1.